The van der Waals surface area contributed by atoms with Gasteiger partial charge in [0, 0.05) is 6.54 Å². The van der Waals surface area contributed by atoms with Crippen LogP contribution in [0.25, 0.3) is 26.8 Å². The Labute approximate surface area is 192 Å². The highest BCUT2D eigenvalue weighted by Gasteiger charge is 2.33. The van der Waals surface area contributed by atoms with Crippen LogP contribution in [-0.4, -0.2) is 38.0 Å². The molecule has 33 heavy (non-hydrogen) atoms. The number of thiazole rings is 1. The average molecular weight is 473 g/mol. The molecule has 9 heteroatoms. The lowest BCUT2D eigenvalue weighted by molar-refractivity contribution is -0.0686. The Kier molecular flexibility index (Phi) is 5.62. The van der Waals surface area contributed by atoms with Gasteiger partial charge >= 0.3 is 6.18 Å². The zero-order valence-electron chi connectivity index (χ0n) is 17.8. The standard InChI is InChI=1S/C24H23F3N4OS/c1-14(24(25,26)27)16-7-9-20-19(11-16)28-13-31(20)12-15-6-8-18-22(10-15)33-23(30-18)29-17-4-2-3-5-21(17)32/h6-11,13,17,21,32H,1-5,12H2,(H,29,30)/t17-,21-/m1/s1. The van der Waals surface area contributed by atoms with Gasteiger partial charge in [0.15, 0.2) is 5.13 Å². The molecular weight excluding hydrogens is 449 g/mol. The molecular formula is C24H23F3N4OS. The molecule has 172 valence electrons. The Morgan fingerprint density at radius 3 is 2.76 bits per heavy atom. The second-order valence-electron chi connectivity index (χ2n) is 8.48. The summed E-state index contributed by atoms with van der Waals surface area (Å²) in [6.45, 7) is 3.70. The number of nitrogens with one attached hydrogen (secondary N) is 1. The van der Waals surface area contributed by atoms with Crippen molar-refractivity contribution in [1.29, 1.82) is 0 Å². The largest absolute Gasteiger partial charge is 0.416 e. The van der Waals surface area contributed by atoms with Gasteiger partial charge in [0.1, 0.15) is 0 Å². The third-order valence-corrected chi connectivity index (χ3v) is 7.11. The van der Waals surface area contributed by atoms with Gasteiger partial charge in [-0.2, -0.15) is 13.2 Å². The van der Waals surface area contributed by atoms with Gasteiger partial charge in [0.2, 0.25) is 0 Å². The molecule has 1 aliphatic carbocycles. The summed E-state index contributed by atoms with van der Waals surface area (Å²) in [6.07, 6.45) is 0.746. The van der Waals surface area contributed by atoms with E-state index in [9.17, 15) is 18.3 Å². The molecule has 5 nitrogen and oxygen atoms in total. The van der Waals surface area contributed by atoms with Crippen LogP contribution in [0.1, 0.15) is 36.8 Å². The van der Waals surface area contributed by atoms with Crippen LogP contribution in [-0.2, 0) is 6.54 Å². The molecule has 2 heterocycles. The summed E-state index contributed by atoms with van der Waals surface area (Å²) in [4.78, 5) is 8.94. The smallest absolute Gasteiger partial charge is 0.391 e. The van der Waals surface area contributed by atoms with Crippen LogP contribution in [0, 0.1) is 0 Å². The van der Waals surface area contributed by atoms with E-state index in [1.165, 1.54) is 12.1 Å². The molecule has 1 aliphatic rings. The summed E-state index contributed by atoms with van der Waals surface area (Å²) in [6, 6.07) is 10.6. The number of aliphatic hydroxyl groups excluding tert-OH is 1. The maximum atomic E-state index is 13.0. The van der Waals surface area contributed by atoms with Crippen molar-refractivity contribution in [2.45, 2.75) is 50.6 Å². The topological polar surface area (TPSA) is 63.0 Å². The number of hydrogen-bond acceptors (Lipinski definition) is 5. The molecule has 0 amide bonds. The van der Waals surface area contributed by atoms with Crippen molar-refractivity contribution in [3.8, 4) is 0 Å². The maximum Gasteiger partial charge on any atom is 0.416 e. The van der Waals surface area contributed by atoms with Crippen molar-refractivity contribution < 1.29 is 18.3 Å². The van der Waals surface area contributed by atoms with Crippen LogP contribution in [0.3, 0.4) is 0 Å². The number of imidazole rings is 1. The van der Waals surface area contributed by atoms with Crippen LogP contribution < -0.4 is 5.32 Å². The minimum atomic E-state index is -4.47. The Hall–Kier alpha value is -2.91. The second-order valence-corrected chi connectivity index (χ2v) is 9.51. The number of nitrogens with zero attached hydrogens (tertiary/aromatic N) is 3. The SMILES string of the molecule is C=C(c1ccc2c(c1)ncn2Cc1ccc2nc(N[C@@H]3CCCC[C@H]3O)sc2c1)C(F)(F)F. The lowest BCUT2D eigenvalue weighted by atomic mass is 9.93. The fraction of sp³-hybridized carbons (Fsp3) is 0.333. The lowest BCUT2D eigenvalue weighted by Crippen LogP contribution is -2.36. The lowest BCUT2D eigenvalue weighted by Gasteiger charge is -2.27. The predicted molar refractivity (Wildman–Crippen MR) is 125 cm³/mol. The van der Waals surface area contributed by atoms with Crippen LogP contribution in [0.15, 0.2) is 49.3 Å². The summed E-state index contributed by atoms with van der Waals surface area (Å²) < 4.78 is 41.8. The summed E-state index contributed by atoms with van der Waals surface area (Å²) >= 11 is 1.56. The van der Waals surface area contributed by atoms with Crippen LogP contribution >= 0.6 is 11.3 Å². The van der Waals surface area contributed by atoms with Crippen molar-refractivity contribution >= 4 is 43.3 Å². The molecule has 0 bridgehead atoms. The van der Waals surface area contributed by atoms with Gasteiger partial charge in [0.25, 0.3) is 0 Å². The molecule has 2 aromatic heterocycles. The van der Waals surface area contributed by atoms with Gasteiger partial charge in [0.05, 0.1) is 45.3 Å². The number of hydrogen-bond donors (Lipinski definition) is 2. The maximum absolute atomic E-state index is 13.0. The van der Waals surface area contributed by atoms with Crippen LogP contribution in [0.5, 0.6) is 0 Å². The first kappa shape index (κ1) is 21.9. The Morgan fingerprint density at radius 2 is 1.97 bits per heavy atom. The first-order valence-corrected chi connectivity index (χ1v) is 11.6. The number of aliphatic hydroxyl groups is 1. The van der Waals surface area contributed by atoms with E-state index in [2.05, 4.69) is 27.9 Å². The van der Waals surface area contributed by atoms with Crippen molar-refractivity contribution in [3.05, 3.63) is 60.4 Å². The van der Waals surface area contributed by atoms with Crippen molar-refractivity contribution in [1.82, 2.24) is 14.5 Å². The summed E-state index contributed by atoms with van der Waals surface area (Å²) in [7, 11) is 0. The highest BCUT2D eigenvalue weighted by Crippen LogP contribution is 2.34. The summed E-state index contributed by atoms with van der Waals surface area (Å²) in [5.41, 5.74) is 2.33. The van der Waals surface area contributed by atoms with E-state index in [1.54, 1.807) is 23.7 Å². The quantitative estimate of drug-likeness (QED) is 0.375. The van der Waals surface area contributed by atoms with E-state index in [1.807, 2.05) is 16.7 Å². The fourth-order valence-corrected chi connectivity index (χ4v) is 5.30. The van der Waals surface area contributed by atoms with Crippen molar-refractivity contribution in [3.63, 3.8) is 0 Å². The van der Waals surface area contributed by atoms with E-state index < -0.39 is 11.7 Å². The number of anilines is 1. The number of fused-ring (bicyclic) bond motifs is 2. The zero-order chi connectivity index (χ0) is 23.2. The molecule has 0 spiro atoms. The van der Waals surface area contributed by atoms with E-state index >= 15 is 0 Å². The monoisotopic (exact) mass is 472 g/mol. The first-order chi connectivity index (χ1) is 15.8. The van der Waals surface area contributed by atoms with E-state index in [-0.39, 0.29) is 17.7 Å². The van der Waals surface area contributed by atoms with Gasteiger partial charge < -0.3 is 15.0 Å². The molecule has 2 atom stereocenters. The first-order valence-electron chi connectivity index (χ1n) is 10.8. The number of halogens is 3. The zero-order valence-corrected chi connectivity index (χ0v) is 18.6. The molecule has 0 radical (unpaired) electrons. The van der Waals surface area contributed by atoms with E-state index in [0.717, 1.165) is 52.1 Å². The Morgan fingerprint density at radius 1 is 1.15 bits per heavy atom. The van der Waals surface area contributed by atoms with E-state index in [4.69, 9.17) is 0 Å². The molecule has 1 saturated carbocycles. The summed E-state index contributed by atoms with van der Waals surface area (Å²) in [5.74, 6) is 0. The molecule has 0 saturated heterocycles. The number of benzene rings is 2. The minimum absolute atomic E-state index is 0.0226. The molecule has 2 aromatic carbocycles. The molecule has 1 fully saturated rings. The number of aromatic nitrogens is 3. The van der Waals surface area contributed by atoms with E-state index in [0.29, 0.717) is 12.1 Å². The molecule has 4 aromatic rings. The highest BCUT2D eigenvalue weighted by atomic mass is 32.1. The van der Waals surface area contributed by atoms with Gasteiger partial charge in [-0.25, -0.2) is 9.97 Å². The molecule has 5 rings (SSSR count). The molecule has 0 unspecified atom stereocenters. The number of rotatable bonds is 5. The average Bonchev–Trinajstić information content (AvgIpc) is 3.37. The van der Waals surface area contributed by atoms with Crippen molar-refractivity contribution in [2.75, 3.05) is 5.32 Å². The van der Waals surface area contributed by atoms with Gasteiger partial charge in [-0.05, 0) is 48.2 Å². The van der Waals surface area contributed by atoms with Gasteiger partial charge in [-0.15, -0.1) is 0 Å². The summed E-state index contributed by atoms with van der Waals surface area (Å²) in [5, 5.41) is 14.4. The molecule has 0 aliphatic heterocycles. The minimum Gasteiger partial charge on any atom is -0.391 e. The van der Waals surface area contributed by atoms with Gasteiger partial charge in [-0.3, -0.25) is 0 Å². The highest BCUT2D eigenvalue weighted by molar-refractivity contribution is 7.22. The Bertz CT molecular complexity index is 1330. The van der Waals surface area contributed by atoms with Gasteiger partial charge in [-0.1, -0.05) is 42.9 Å². The number of alkyl halides is 3. The van der Waals surface area contributed by atoms with Crippen molar-refractivity contribution in [2.24, 2.45) is 0 Å². The normalized spacial score (nSPS) is 19.3. The predicted octanol–water partition coefficient (Wildman–Crippen LogP) is 5.99. The van der Waals surface area contributed by atoms with Crippen LogP contribution in [0.4, 0.5) is 18.3 Å². The second kappa shape index (κ2) is 8.46. The fourth-order valence-electron chi connectivity index (χ4n) is 4.31. The Balaban J connectivity index is 1.36. The molecule has 2 N–H and O–H groups in total. The third-order valence-electron chi connectivity index (χ3n) is 6.16. The third kappa shape index (κ3) is 4.47. The van der Waals surface area contributed by atoms with Crippen LogP contribution in [0.2, 0.25) is 0 Å². The number of allylic oxidation sites excluding steroid dienone is 1.